The predicted octanol–water partition coefficient (Wildman–Crippen LogP) is 2.25. The molecule has 1 spiro atoms. The second-order valence-corrected chi connectivity index (χ2v) is 6.54. The highest BCUT2D eigenvalue weighted by Gasteiger charge is 2.47. The third-order valence-corrected chi connectivity index (χ3v) is 4.81. The predicted molar refractivity (Wildman–Crippen MR) is 90.2 cm³/mol. The van der Waals surface area contributed by atoms with E-state index in [0.717, 1.165) is 49.6 Å². The van der Waals surface area contributed by atoms with Crippen LogP contribution in [0.1, 0.15) is 25.3 Å². The zero-order chi connectivity index (χ0) is 16.4. The number of anilines is 1. The Hall–Kier alpha value is -2.21. The Labute approximate surface area is 141 Å². The molecule has 4 heterocycles. The van der Waals surface area contributed by atoms with Gasteiger partial charge in [-0.2, -0.15) is 0 Å². The first-order chi connectivity index (χ1) is 11.8. The second kappa shape index (κ2) is 6.36. The fourth-order valence-electron chi connectivity index (χ4n) is 3.48. The monoisotopic (exact) mass is 326 g/mol. The van der Waals surface area contributed by atoms with Crippen LogP contribution < -0.4 is 9.64 Å². The number of hydrogen-bond donors (Lipinski definition) is 0. The van der Waals surface area contributed by atoms with E-state index in [-0.39, 0.29) is 11.7 Å². The van der Waals surface area contributed by atoms with Crippen molar-refractivity contribution >= 4 is 5.95 Å². The molecule has 0 amide bonds. The summed E-state index contributed by atoms with van der Waals surface area (Å²) in [5.41, 5.74) is 1.02. The molecule has 126 valence electrons. The number of pyridine rings is 1. The van der Waals surface area contributed by atoms with Crippen molar-refractivity contribution in [3.05, 3.63) is 42.5 Å². The van der Waals surface area contributed by atoms with Gasteiger partial charge in [0.25, 0.3) is 0 Å². The van der Waals surface area contributed by atoms with Gasteiger partial charge in [-0.05, 0) is 30.5 Å². The first kappa shape index (κ1) is 15.3. The molecule has 24 heavy (non-hydrogen) atoms. The van der Waals surface area contributed by atoms with E-state index in [1.54, 1.807) is 12.4 Å². The maximum absolute atomic E-state index is 6.14. The van der Waals surface area contributed by atoms with Gasteiger partial charge in [0.05, 0.1) is 24.9 Å². The molecule has 2 aliphatic rings. The number of aryl methyl sites for hydroxylation is 1. The SMILES string of the molecule is CCc1cnc(N2CCC3(CC(Oc4cccnc4)CO3)C2)nc1. The minimum atomic E-state index is -0.139. The summed E-state index contributed by atoms with van der Waals surface area (Å²) >= 11 is 0. The molecule has 0 aliphatic carbocycles. The average molecular weight is 326 g/mol. The minimum Gasteiger partial charge on any atom is -0.486 e. The van der Waals surface area contributed by atoms with Gasteiger partial charge in [0.1, 0.15) is 11.9 Å². The topological polar surface area (TPSA) is 60.4 Å². The molecule has 2 aromatic heterocycles. The Morgan fingerprint density at radius 1 is 1.33 bits per heavy atom. The van der Waals surface area contributed by atoms with Crippen LogP contribution in [-0.2, 0) is 11.2 Å². The van der Waals surface area contributed by atoms with E-state index >= 15 is 0 Å². The Morgan fingerprint density at radius 3 is 2.96 bits per heavy atom. The van der Waals surface area contributed by atoms with Crippen LogP contribution in [0.3, 0.4) is 0 Å². The first-order valence-electron chi connectivity index (χ1n) is 8.53. The van der Waals surface area contributed by atoms with Crippen LogP contribution >= 0.6 is 0 Å². The fourth-order valence-corrected chi connectivity index (χ4v) is 3.48. The van der Waals surface area contributed by atoms with Gasteiger partial charge in [0.2, 0.25) is 5.95 Å². The van der Waals surface area contributed by atoms with Crippen molar-refractivity contribution in [2.24, 2.45) is 0 Å². The lowest BCUT2D eigenvalue weighted by Gasteiger charge is -2.23. The molecule has 2 aliphatic heterocycles. The summed E-state index contributed by atoms with van der Waals surface area (Å²) in [6.45, 7) is 4.48. The summed E-state index contributed by atoms with van der Waals surface area (Å²) in [7, 11) is 0. The maximum atomic E-state index is 6.14. The molecule has 2 fully saturated rings. The molecule has 0 radical (unpaired) electrons. The summed E-state index contributed by atoms with van der Waals surface area (Å²) in [5.74, 6) is 1.60. The summed E-state index contributed by atoms with van der Waals surface area (Å²) in [5, 5.41) is 0. The van der Waals surface area contributed by atoms with Crippen molar-refractivity contribution in [3.63, 3.8) is 0 Å². The fraction of sp³-hybridized carbons (Fsp3) is 0.500. The van der Waals surface area contributed by atoms with Crippen molar-refractivity contribution < 1.29 is 9.47 Å². The second-order valence-electron chi connectivity index (χ2n) is 6.54. The number of rotatable bonds is 4. The van der Waals surface area contributed by atoms with E-state index in [4.69, 9.17) is 9.47 Å². The molecule has 0 aromatic carbocycles. The van der Waals surface area contributed by atoms with Crippen LogP contribution in [0.5, 0.6) is 5.75 Å². The minimum absolute atomic E-state index is 0.0811. The summed E-state index contributed by atoms with van der Waals surface area (Å²) in [6.07, 6.45) is 10.2. The third kappa shape index (κ3) is 3.06. The molecule has 6 nitrogen and oxygen atoms in total. The largest absolute Gasteiger partial charge is 0.486 e. The lowest BCUT2D eigenvalue weighted by molar-refractivity contribution is 0.0195. The van der Waals surface area contributed by atoms with Crippen molar-refractivity contribution in [1.82, 2.24) is 15.0 Å². The lowest BCUT2D eigenvalue weighted by Crippen LogP contribution is -2.34. The van der Waals surface area contributed by atoms with Crippen LogP contribution in [0, 0.1) is 0 Å². The highest BCUT2D eigenvalue weighted by molar-refractivity contribution is 5.34. The quantitative estimate of drug-likeness (QED) is 0.859. The van der Waals surface area contributed by atoms with E-state index in [0.29, 0.717) is 6.61 Å². The van der Waals surface area contributed by atoms with Crippen LogP contribution in [0.2, 0.25) is 0 Å². The van der Waals surface area contributed by atoms with Crippen LogP contribution in [0.15, 0.2) is 36.9 Å². The smallest absolute Gasteiger partial charge is 0.225 e. The molecule has 2 saturated heterocycles. The molecule has 2 atom stereocenters. The summed E-state index contributed by atoms with van der Waals surface area (Å²) in [6, 6.07) is 3.82. The highest BCUT2D eigenvalue weighted by Crippen LogP contribution is 2.37. The van der Waals surface area contributed by atoms with Crippen molar-refractivity contribution in [3.8, 4) is 5.75 Å². The number of ether oxygens (including phenoxy) is 2. The Morgan fingerprint density at radius 2 is 2.21 bits per heavy atom. The van der Waals surface area contributed by atoms with Crippen molar-refractivity contribution in [2.45, 2.75) is 37.9 Å². The number of nitrogens with zero attached hydrogens (tertiary/aromatic N) is 4. The Kier molecular flexibility index (Phi) is 4.06. The molecule has 2 aromatic rings. The van der Waals surface area contributed by atoms with E-state index in [1.807, 2.05) is 24.5 Å². The highest BCUT2D eigenvalue weighted by atomic mass is 16.6. The van der Waals surface area contributed by atoms with Crippen LogP contribution in [0.25, 0.3) is 0 Å². The van der Waals surface area contributed by atoms with Crippen LogP contribution in [0.4, 0.5) is 5.95 Å². The zero-order valence-electron chi connectivity index (χ0n) is 13.9. The maximum Gasteiger partial charge on any atom is 0.225 e. The van der Waals surface area contributed by atoms with Gasteiger partial charge in [-0.3, -0.25) is 4.98 Å². The molecule has 2 unspecified atom stereocenters. The first-order valence-corrected chi connectivity index (χ1v) is 8.53. The van der Waals surface area contributed by atoms with Crippen molar-refractivity contribution in [1.29, 1.82) is 0 Å². The van der Waals surface area contributed by atoms with Gasteiger partial charge < -0.3 is 14.4 Å². The Balaban J connectivity index is 1.39. The third-order valence-electron chi connectivity index (χ3n) is 4.81. The van der Waals surface area contributed by atoms with E-state index in [9.17, 15) is 0 Å². The number of hydrogen-bond acceptors (Lipinski definition) is 6. The molecule has 0 bridgehead atoms. The Bertz CT molecular complexity index is 679. The average Bonchev–Trinajstić information content (AvgIpc) is 3.23. The van der Waals surface area contributed by atoms with Crippen molar-refractivity contribution in [2.75, 3.05) is 24.6 Å². The lowest BCUT2D eigenvalue weighted by atomic mass is 9.98. The number of aromatic nitrogens is 3. The van der Waals surface area contributed by atoms with Gasteiger partial charge in [-0.25, -0.2) is 9.97 Å². The molecular formula is C18H22N4O2. The molecular weight excluding hydrogens is 304 g/mol. The van der Waals surface area contributed by atoms with Gasteiger partial charge in [0, 0.05) is 31.6 Å². The molecule has 0 saturated carbocycles. The van der Waals surface area contributed by atoms with Gasteiger partial charge in [-0.1, -0.05) is 6.92 Å². The van der Waals surface area contributed by atoms with Gasteiger partial charge in [-0.15, -0.1) is 0 Å². The van der Waals surface area contributed by atoms with E-state index < -0.39 is 0 Å². The molecule has 0 N–H and O–H groups in total. The van der Waals surface area contributed by atoms with E-state index in [1.165, 1.54) is 0 Å². The van der Waals surface area contributed by atoms with Gasteiger partial charge >= 0.3 is 0 Å². The standard InChI is InChI=1S/C18H22N4O2/c1-2-14-9-20-17(21-10-14)22-7-5-18(13-22)8-16(12-23-18)24-15-4-3-6-19-11-15/h3-4,6,9-11,16H,2,5,7-8,12-13H2,1H3. The normalized spacial score (nSPS) is 26.2. The van der Waals surface area contributed by atoms with Crippen LogP contribution in [-0.4, -0.2) is 46.4 Å². The van der Waals surface area contributed by atoms with Gasteiger partial charge in [0.15, 0.2) is 0 Å². The summed E-state index contributed by atoms with van der Waals surface area (Å²) < 4.78 is 12.1. The van der Waals surface area contributed by atoms with E-state index in [2.05, 4.69) is 26.8 Å². The zero-order valence-corrected chi connectivity index (χ0v) is 13.9. The molecule has 4 rings (SSSR count). The summed E-state index contributed by atoms with van der Waals surface area (Å²) in [4.78, 5) is 15.3. The molecule has 6 heteroatoms.